The molecule has 0 aliphatic heterocycles. The number of hydrogen-bond donors (Lipinski definition) is 1. The van der Waals surface area contributed by atoms with E-state index in [1.165, 1.54) is 11.1 Å². The van der Waals surface area contributed by atoms with Gasteiger partial charge < -0.3 is 10.5 Å². The summed E-state index contributed by atoms with van der Waals surface area (Å²) < 4.78 is 5.51. The van der Waals surface area contributed by atoms with Crippen LogP contribution in [0, 0.1) is 13.8 Å². The summed E-state index contributed by atoms with van der Waals surface area (Å²) in [5, 5.41) is 0. The second-order valence-electron chi connectivity index (χ2n) is 5.36. The van der Waals surface area contributed by atoms with Gasteiger partial charge in [-0.1, -0.05) is 23.8 Å². The number of benzene rings is 1. The predicted molar refractivity (Wildman–Crippen MR) is 82.0 cm³/mol. The van der Waals surface area contributed by atoms with Crippen LogP contribution in [0.15, 0.2) is 36.7 Å². The van der Waals surface area contributed by atoms with Gasteiger partial charge in [-0.25, -0.2) is 0 Å². The van der Waals surface area contributed by atoms with Crippen LogP contribution in [0.2, 0.25) is 0 Å². The highest BCUT2D eigenvalue weighted by atomic mass is 16.5. The minimum absolute atomic E-state index is 0.587. The van der Waals surface area contributed by atoms with E-state index < -0.39 is 5.54 Å². The molecule has 0 aliphatic rings. The van der Waals surface area contributed by atoms with Crippen molar-refractivity contribution in [3.8, 4) is 5.75 Å². The largest absolute Gasteiger partial charge is 0.492 e. The molecule has 0 aliphatic carbocycles. The Balaban J connectivity index is 2.48. The number of aryl methyl sites for hydroxylation is 2. The summed E-state index contributed by atoms with van der Waals surface area (Å²) in [4.78, 5) is 4.24. The van der Waals surface area contributed by atoms with Crippen molar-refractivity contribution in [3.63, 3.8) is 0 Å². The third kappa shape index (κ3) is 2.83. The Morgan fingerprint density at radius 3 is 2.65 bits per heavy atom. The fourth-order valence-corrected chi connectivity index (χ4v) is 2.40. The summed E-state index contributed by atoms with van der Waals surface area (Å²) in [5.74, 6) is 0.756. The Morgan fingerprint density at radius 1 is 1.20 bits per heavy atom. The zero-order chi connectivity index (χ0) is 14.8. The molecule has 0 spiro atoms. The van der Waals surface area contributed by atoms with E-state index in [-0.39, 0.29) is 0 Å². The van der Waals surface area contributed by atoms with Crippen molar-refractivity contribution in [3.05, 3.63) is 58.9 Å². The number of nitrogens with zero attached hydrogens (tertiary/aromatic N) is 1. The van der Waals surface area contributed by atoms with Crippen LogP contribution in [-0.4, -0.2) is 11.6 Å². The van der Waals surface area contributed by atoms with Crippen molar-refractivity contribution in [2.24, 2.45) is 5.73 Å². The summed E-state index contributed by atoms with van der Waals surface area (Å²) in [7, 11) is 0. The second kappa shape index (κ2) is 5.63. The Bertz CT molecular complexity index is 606. The monoisotopic (exact) mass is 270 g/mol. The van der Waals surface area contributed by atoms with Crippen molar-refractivity contribution in [1.29, 1.82) is 0 Å². The highest BCUT2D eigenvalue weighted by Crippen LogP contribution is 2.30. The first-order chi connectivity index (χ1) is 9.45. The van der Waals surface area contributed by atoms with E-state index in [1.807, 2.05) is 26.1 Å². The molecule has 0 saturated carbocycles. The summed E-state index contributed by atoms with van der Waals surface area (Å²) in [6, 6.07) is 8.32. The number of aromatic nitrogens is 1. The van der Waals surface area contributed by atoms with Gasteiger partial charge in [0.25, 0.3) is 0 Å². The minimum atomic E-state index is -0.587. The zero-order valence-electron chi connectivity index (χ0n) is 12.6. The zero-order valence-corrected chi connectivity index (χ0v) is 12.6. The number of rotatable bonds is 4. The Hall–Kier alpha value is -1.87. The van der Waals surface area contributed by atoms with Crippen LogP contribution in [0.5, 0.6) is 5.75 Å². The van der Waals surface area contributed by atoms with E-state index in [1.54, 1.807) is 6.20 Å². The molecule has 2 aromatic rings. The van der Waals surface area contributed by atoms with E-state index >= 15 is 0 Å². The van der Waals surface area contributed by atoms with Crippen LogP contribution >= 0.6 is 0 Å². The Labute approximate surface area is 120 Å². The second-order valence-corrected chi connectivity index (χ2v) is 5.36. The average molecular weight is 270 g/mol. The highest BCUT2D eigenvalue weighted by Gasteiger charge is 2.26. The van der Waals surface area contributed by atoms with E-state index in [0.29, 0.717) is 6.61 Å². The molecule has 2 rings (SSSR count). The van der Waals surface area contributed by atoms with E-state index in [0.717, 1.165) is 16.9 Å². The molecule has 0 amide bonds. The lowest BCUT2D eigenvalue weighted by atomic mass is 9.83. The summed E-state index contributed by atoms with van der Waals surface area (Å²) >= 11 is 0. The molecule has 0 bridgehead atoms. The molecule has 0 fully saturated rings. The molecule has 3 heteroatoms. The fourth-order valence-electron chi connectivity index (χ4n) is 2.40. The van der Waals surface area contributed by atoms with Crippen LogP contribution in [0.1, 0.15) is 36.1 Å². The molecule has 0 radical (unpaired) electrons. The summed E-state index contributed by atoms with van der Waals surface area (Å²) in [6.45, 7) is 8.75. The molecule has 1 unspecified atom stereocenters. The molecular weight excluding hydrogens is 248 g/mol. The SMILES string of the molecule is CCOc1cncc(C(C)(N)c2cc(C)ccc2C)c1. The topological polar surface area (TPSA) is 48.1 Å². The van der Waals surface area contributed by atoms with Gasteiger partial charge in [0.2, 0.25) is 0 Å². The van der Waals surface area contributed by atoms with Gasteiger partial charge in [-0.3, -0.25) is 4.98 Å². The van der Waals surface area contributed by atoms with Crippen LogP contribution in [0.4, 0.5) is 0 Å². The predicted octanol–water partition coefficient (Wildman–Crippen LogP) is 3.32. The first-order valence-corrected chi connectivity index (χ1v) is 6.90. The third-order valence-corrected chi connectivity index (χ3v) is 3.58. The summed E-state index contributed by atoms with van der Waals surface area (Å²) in [6.07, 6.45) is 3.52. The van der Waals surface area contributed by atoms with Crippen molar-refractivity contribution >= 4 is 0 Å². The van der Waals surface area contributed by atoms with Crippen LogP contribution < -0.4 is 10.5 Å². The van der Waals surface area contributed by atoms with Crippen molar-refractivity contribution in [1.82, 2.24) is 4.98 Å². The summed E-state index contributed by atoms with van der Waals surface area (Å²) in [5.41, 5.74) is 10.5. The van der Waals surface area contributed by atoms with Crippen LogP contribution in [-0.2, 0) is 5.54 Å². The maximum Gasteiger partial charge on any atom is 0.137 e. The first-order valence-electron chi connectivity index (χ1n) is 6.90. The molecule has 106 valence electrons. The molecule has 3 nitrogen and oxygen atoms in total. The van der Waals surface area contributed by atoms with Crippen LogP contribution in [0.25, 0.3) is 0 Å². The Morgan fingerprint density at radius 2 is 1.95 bits per heavy atom. The molecule has 20 heavy (non-hydrogen) atoms. The van der Waals surface area contributed by atoms with E-state index in [9.17, 15) is 0 Å². The maximum atomic E-state index is 6.60. The van der Waals surface area contributed by atoms with Gasteiger partial charge in [-0.05, 0) is 50.5 Å². The highest BCUT2D eigenvalue weighted by molar-refractivity contribution is 5.43. The van der Waals surface area contributed by atoms with Crippen molar-refractivity contribution < 1.29 is 4.74 Å². The minimum Gasteiger partial charge on any atom is -0.492 e. The van der Waals surface area contributed by atoms with E-state index in [2.05, 4.69) is 37.0 Å². The lowest BCUT2D eigenvalue weighted by Gasteiger charge is -2.28. The smallest absolute Gasteiger partial charge is 0.137 e. The lowest BCUT2D eigenvalue weighted by molar-refractivity contribution is 0.337. The molecule has 1 aromatic carbocycles. The fraction of sp³-hybridized carbons (Fsp3) is 0.353. The van der Waals surface area contributed by atoms with Crippen molar-refractivity contribution in [2.75, 3.05) is 6.61 Å². The van der Waals surface area contributed by atoms with Gasteiger partial charge in [-0.15, -0.1) is 0 Å². The number of pyridine rings is 1. The van der Waals surface area contributed by atoms with Crippen molar-refractivity contribution in [2.45, 2.75) is 33.2 Å². The first kappa shape index (κ1) is 14.5. The normalized spacial score (nSPS) is 13.8. The van der Waals surface area contributed by atoms with E-state index in [4.69, 9.17) is 10.5 Å². The van der Waals surface area contributed by atoms with Gasteiger partial charge in [0.1, 0.15) is 5.75 Å². The molecule has 0 saturated heterocycles. The lowest BCUT2D eigenvalue weighted by Crippen LogP contribution is -2.35. The molecule has 1 aromatic heterocycles. The quantitative estimate of drug-likeness (QED) is 0.927. The van der Waals surface area contributed by atoms with Crippen LogP contribution in [0.3, 0.4) is 0 Å². The Kier molecular flexibility index (Phi) is 4.09. The maximum absolute atomic E-state index is 6.60. The van der Waals surface area contributed by atoms with Gasteiger partial charge in [0.05, 0.1) is 18.3 Å². The van der Waals surface area contributed by atoms with Gasteiger partial charge in [0.15, 0.2) is 0 Å². The van der Waals surface area contributed by atoms with Gasteiger partial charge >= 0.3 is 0 Å². The molecule has 1 heterocycles. The van der Waals surface area contributed by atoms with Gasteiger partial charge in [-0.2, -0.15) is 0 Å². The number of ether oxygens (including phenoxy) is 1. The third-order valence-electron chi connectivity index (χ3n) is 3.58. The number of hydrogen-bond acceptors (Lipinski definition) is 3. The molecule has 1 atom stereocenters. The average Bonchev–Trinajstić information content (AvgIpc) is 2.42. The standard InChI is InChI=1S/C17H22N2O/c1-5-20-15-9-14(10-19-11-15)17(4,18)16-8-12(2)6-7-13(16)3/h6-11H,5,18H2,1-4H3. The molecular formula is C17H22N2O. The van der Waals surface area contributed by atoms with Gasteiger partial charge in [0, 0.05) is 6.20 Å². The molecule has 2 N–H and O–H groups in total. The number of nitrogens with two attached hydrogens (primary N) is 1.